The normalized spacial score (nSPS) is 14.8. The van der Waals surface area contributed by atoms with Gasteiger partial charge >= 0.3 is 7.60 Å². The van der Waals surface area contributed by atoms with E-state index in [0.717, 1.165) is 0 Å². The highest BCUT2D eigenvalue weighted by atomic mass is 31.2. The van der Waals surface area contributed by atoms with E-state index in [4.69, 9.17) is 13.6 Å². The molecule has 0 spiro atoms. The van der Waals surface area contributed by atoms with E-state index in [0.29, 0.717) is 11.9 Å². The molecule has 7 heteroatoms. The molecule has 0 heterocycles. The predicted octanol–water partition coefficient (Wildman–Crippen LogP) is 4.22. The van der Waals surface area contributed by atoms with Crippen molar-refractivity contribution in [3.63, 3.8) is 0 Å². The van der Waals surface area contributed by atoms with Crippen molar-refractivity contribution in [2.75, 3.05) is 14.2 Å². The topological polar surface area (TPSA) is 57.1 Å². The Labute approximate surface area is 112 Å². The van der Waals surface area contributed by atoms with Crippen LogP contribution < -0.4 is 0 Å². The maximum Gasteiger partial charge on any atom is 0.378 e. The number of rotatable bonds is 6. The van der Waals surface area contributed by atoms with Crippen LogP contribution in [-0.2, 0) is 18.1 Å². The van der Waals surface area contributed by atoms with Crippen molar-refractivity contribution in [1.29, 1.82) is 0 Å². The van der Waals surface area contributed by atoms with Gasteiger partial charge < -0.3 is 13.6 Å². The molecule has 0 radical (unpaired) electrons. The van der Waals surface area contributed by atoms with Crippen molar-refractivity contribution in [3.8, 4) is 0 Å². The maximum atomic E-state index is 12.2. The van der Waals surface area contributed by atoms with Gasteiger partial charge in [0.05, 0.1) is 0 Å². The lowest BCUT2D eigenvalue weighted by molar-refractivity contribution is 0.281. The van der Waals surface area contributed by atoms with Crippen LogP contribution in [0.15, 0.2) is 5.16 Å². The zero-order valence-electron chi connectivity index (χ0n) is 12.7. The molecule has 0 rings (SSSR count). The molecule has 0 aromatic carbocycles. The molecule has 0 bridgehead atoms. The Bertz CT molecular complexity index is 341. The summed E-state index contributed by atoms with van der Waals surface area (Å²) >= 11 is 0. The van der Waals surface area contributed by atoms with E-state index in [1.54, 1.807) is 0 Å². The lowest BCUT2D eigenvalue weighted by Crippen LogP contribution is -2.39. The Balaban J connectivity index is 5.13. The molecule has 0 aromatic heterocycles. The van der Waals surface area contributed by atoms with Crippen molar-refractivity contribution >= 4 is 21.4 Å². The second-order valence-corrected chi connectivity index (χ2v) is 12.5. The third-order valence-corrected chi connectivity index (χ3v) is 9.45. The average Bonchev–Trinajstić information content (AvgIpc) is 2.27. The van der Waals surface area contributed by atoms with Crippen LogP contribution in [-0.4, -0.2) is 28.0 Å². The van der Waals surface area contributed by atoms with Crippen LogP contribution in [0.25, 0.3) is 0 Å². The zero-order chi connectivity index (χ0) is 14.6. The van der Waals surface area contributed by atoms with E-state index >= 15 is 0 Å². The van der Waals surface area contributed by atoms with Gasteiger partial charge in [-0.2, -0.15) is 0 Å². The van der Waals surface area contributed by atoms with Crippen molar-refractivity contribution in [2.24, 2.45) is 5.16 Å². The third kappa shape index (κ3) is 4.19. The fraction of sp³-hybridized carbons (Fsp3) is 0.909. The summed E-state index contributed by atoms with van der Waals surface area (Å²) in [7, 11) is -2.59. The quantitative estimate of drug-likeness (QED) is 0.319. The van der Waals surface area contributed by atoms with Gasteiger partial charge in [0.25, 0.3) is 8.32 Å². The molecule has 0 saturated heterocycles. The molecular weight excluding hydrogens is 269 g/mol. The van der Waals surface area contributed by atoms with Gasteiger partial charge in [-0.05, 0) is 24.6 Å². The third-order valence-electron chi connectivity index (χ3n) is 3.30. The van der Waals surface area contributed by atoms with Gasteiger partial charge in [-0.25, -0.2) is 0 Å². The number of oxime groups is 1. The van der Waals surface area contributed by atoms with Crippen LogP contribution in [0.3, 0.4) is 0 Å². The summed E-state index contributed by atoms with van der Waals surface area (Å²) in [5, 5.41) is 4.10. The van der Waals surface area contributed by atoms with Crippen LogP contribution in [0.5, 0.6) is 0 Å². The Morgan fingerprint density at radius 3 is 1.94 bits per heavy atom. The smallest absolute Gasteiger partial charge is 0.378 e. The first kappa shape index (κ1) is 17.8. The lowest BCUT2D eigenvalue weighted by atomic mass is 10.2. The van der Waals surface area contributed by atoms with Crippen LogP contribution in [0, 0.1) is 0 Å². The maximum absolute atomic E-state index is 12.2. The lowest BCUT2D eigenvalue weighted by Gasteiger charge is -2.33. The van der Waals surface area contributed by atoms with Crippen molar-refractivity contribution < 1.29 is 18.1 Å². The van der Waals surface area contributed by atoms with Crippen molar-refractivity contribution in [1.82, 2.24) is 0 Å². The molecule has 0 aliphatic heterocycles. The van der Waals surface area contributed by atoms with Crippen molar-refractivity contribution in [3.05, 3.63) is 0 Å². The molecular formula is C11H26NO4PSi. The SMILES string of the molecule is CC/C(=N/O[Si](C)(C)C(C)(C)C)P(=O)(OC)OC. The molecule has 108 valence electrons. The Morgan fingerprint density at radius 1 is 1.22 bits per heavy atom. The minimum atomic E-state index is -3.28. The summed E-state index contributed by atoms with van der Waals surface area (Å²) in [5.74, 6) is 0. The largest absolute Gasteiger partial charge is 0.454 e. The first-order valence-electron chi connectivity index (χ1n) is 6.01. The van der Waals surface area contributed by atoms with Crippen molar-refractivity contribution in [2.45, 2.75) is 52.2 Å². The van der Waals surface area contributed by atoms with Crippen LogP contribution in [0.1, 0.15) is 34.1 Å². The van der Waals surface area contributed by atoms with Gasteiger partial charge in [-0.3, -0.25) is 4.57 Å². The molecule has 18 heavy (non-hydrogen) atoms. The molecule has 5 nitrogen and oxygen atoms in total. The summed E-state index contributed by atoms with van der Waals surface area (Å²) in [5.41, 5.74) is 0.331. The molecule has 0 saturated carbocycles. The summed E-state index contributed by atoms with van der Waals surface area (Å²) in [6, 6.07) is 0. The predicted molar refractivity (Wildman–Crippen MR) is 77.6 cm³/mol. The fourth-order valence-corrected chi connectivity index (χ4v) is 2.69. The van der Waals surface area contributed by atoms with Gasteiger partial charge in [-0.15, -0.1) is 0 Å². The molecule has 0 aliphatic rings. The summed E-state index contributed by atoms with van der Waals surface area (Å²) in [6.07, 6.45) is 0.466. The second-order valence-electron chi connectivity index (χ2n) is 5.58. The standard InChI is InChI=1S/C11H26NO4PSi/c1-9-10(17(13,14-5)15-6)12-16-18(7,8)11(2,3)4/h9H2,1-8H3/b12-10-. The Morgan fingerprint density at radius 2 is 1.67 bits per heavy atom. The molecule has 0 unspecified atom stereocenters. The summed E-state index contributed by atoms with van der Waals surface area (Å²) < 4.78 is 27.8. The van der Waals surface area contributed by atoms with E-state index in [2.05, 4.69) is 39.0 Å². The molecule has 0 N–H and O–H groups in total. The highest BCUT2D eigenvalue weighted by Crippen LogP contribution is 2.49. The average molecular weight is 295 g/mol. The highest BCUT2D eigenvalue weighted by Gasteiger charge is 2.40. The fourth-order valence-electron chi connectivity index (χ4n) is 0.897. The summed E-state index contributed by atoms with van der Waals surface area (Å²) in [6.45, 7) is 12.4. The van der Waals surface area contributed by atoms with Crippen LogP contribution in [0.2, 0.25) is 18.1 Å². The minimum absolute atomic E-state index is 0.0412. The van der Waals surface area contributed by atoms with Gasteiger partial charge in [-0.1, -0.05) is 32.9 Å². The van der Waals surface area contributed by atoms with Crippen LogP contribution >= 0.6 is 7.60 Å². The molecule has 0 atom stereocenters. The molecule has 0 amide bonds. The highest BCUT2D eigenvalue weighted by molar-refractivity contribution is 7.72. The van der Waals surface area contributed by atoms with E-state index in [1.807, 2.05) is 6.92 Å². The molecule has 0 fully saturated rings. The van der Waals surface area contributed by atoms with Gasteiger partial charge in [0.1, 0.15) is 0 Å². The molecule has 0 aromatic rings. The Hall–Kier alpha value is -0.163. The first-order valence-corrected chi connectivity index (χ1v) is 10.5. The second kappa shape index (κ2) is 6.33. The molecule has 0 aliphatic carbocycles. The summed E-state index contributed by atoms with van der Waals surface area (Å²) in [4.78, 5) is 0. The number of hydrogen-bond donors (Lipinski definition) is 0. The minimum Gasteiger partial charge on any atom is -0.454 e. The van der Waals surface area contributed by atoms with Gasteiger partial charge in [0, 0.05) is 14.2 Å². The number of hydrogen-bond acceptors (Lipinski definition) is 5. The zero-order valence-corrected chi connectivity index (χ0v) is 14.6. The van der Waals surface area contributed by atoms with E-state index in [9.17, 15) is 4.57 Å². The van der Waals surface area contributed by atoms with Crippen LogP contribution in [0.4, 0.5) is 0 Å². The van der Waals surface area contributed by atoms with E-state index < -0.39 is 15.9 Å². The van der Waals surface area contributed by atoms with E-state index in [1.165, 1.54) is 14.2 Å². The Kier molecular flexibility index (Phi) is 6.27. The number of nitrogens with zero attached hydrogens (tertiary/aromatic N) is 1. The van der Waals surface area contributed by atoms with Gasteiger partial charge in [0.2, 0.25) is 0 Å². The monoisotopic (exact) mass is 295 g/mol. The van der Waals surface area contributed by atoms with Gasteiger partial charge in [0.15, 0.2) is 5.45 Å². The first-order chi connectivity index (χ1) is 8.04. The van der Waals surface area contributed by atoms with E-state index in [-0.39, 0.29) is 5.04 Å².